The van der Waals surface area contributed by atoms with Gasteiger partial charge in [-0.1, -0.05) is 50.6 Å². The van der Waals surface area contributed by atoms with Crippen LogP contribution in [-0.2, 0) is 0 Å². The summed E-state index contributed by atoms with van der Waals surface area (Å²) in [5, 5.41) is 0. The SMILES string of the molecule is C/C=C(\C=C/C(CCC)=NC(C)=NC)C(/CC)=C(\CC(F)F)c1cc(C2CCN(CC(=C3CCC3)N(C)C)CC2)ccc1C. The van der Waals surface area contributed by atoms with E-state index >= 15 is 0 Å². The fourth-order valence-corrected chi connectivity index (χ4v) is 6.46. The van der Waals surface area contributed by atoms with Crippen molar-refractivity contribution >= 4 is 17.1 Å². The number of benzene rings is 1. The number of alkyl halides is 2. The highest BCUT2D eigenvalue weighted by atomic mass is 19.3. The maximum absolute atomic E-state index is 14.2. The van der Waals surface area contributed by atoms with E-state index in [0.29, 0.717) is 12.3 Å². The Labute approximate surface area is 266 Å². The van der Waals surface area contributed by atoms with Crippen LogP contribution in [0.3, 0.4) is 0 Å². The zero-order valence-corrected chi connectivity index (χ0v) is 28.6. The van der Waals surface area contributed by atoms with Gasteiger partial charge in [0.1, 0.15) is 5.84 Å². The number of rotatable bonds is 13. The summed E-state index contributed by atoms with van der Waals surface area (Å²) in [6.45, 7) is 13.3. The molecule has 6 heteroatoms. The number of likely N-dealkylation sites (N-methyl/N-ethyl adjacent to an activating group) is 1. The lowest BCUT2D eigenvalue weighted by molar-refractivity contribution is 0.155. The topological polar surface area (TPSA) is 31.2 Å². The fraction of sp³-hybridized carbons (Fsp3) is 0.579. The third-order valence-corrected chi connectivity index (χ3v) is 9.25. The summed E-state index contributed by atoms with van der Waals surface area (Å²) >= 11 is 0. The molecule has 2 fully saturated rings. The van der Waals surface area contributed by atoms with Crippen molar-refractivity contribution < 1.29 is 8.78 Å². The maximum atomic E-state index is 14.2. The van der Waals surface area contributed by atoms with Gasteiger partial charge in [0.05, 0.1) is 0 Å². The predicted molar refractivity (Wildman–Crippen MR) is 186 cm³/mol. The van der Waals surface area contributed by atoms with Gasteiger partial charge >= 0.3 is 0 Å². The largest absolute Gasteiger partial charge is 0.380 e. The van der Waals surface area contributed by atoms with Crippen molar-refractivity contribution in [2.75, 3.05) is 40.8 Å². The lowest BCUT2D eigenvalue weighted by Gasteiger charge is -2.36. The first-order chi connectivity index (χ1) is 21.1. The normalized spacial score (nSPS) is 18.2. The summed E-state index contributed by atoms with van der Waals surface area (Å²) in [5.74, 6) is 1.18. The summed E-state index contributed by atoms with van der Waals surface area (Å²) in [5.41, 5.74) is 10.1. The van der Waals surface area contributed by atoms with E-state index in [1.54, 1.807) is 12.6 Å². The summed E-state index contributed by atoms with van der Waals surface area (Å²) in [4.78, 5) is 13.7. The van der Waals surface area contributed by atoms with Crippen molar-refractivity contribution in [1.82, 2.24) is 9.80 Å². The Hall–Kier alpha value is -2.86. The highest BCUT2D eigenvalue weighted by molar-refractivity contribution is 6.03. The molecule has 0 spiro atoms. The van der Waals surface area contributed by atoms with E-state index in [0.717, 1.165) is 84.7 Å². The first kappa shape index (κ1) is 35.6. The van der Waals surface area contributed by atoms with Crippen LogP contribution in [0.25, 0.3) is 5.57 Å². The van der Waals surface area contributed by atoms with Gasteiger partial charge < -0.3 is 4.90 Å². The Morgan fingerprint density at radius 2 is 1.82 bits per heavy atom. The minimum atomic E-state index is -2.42. The van der Waals surface area contributed by atoms with Gasteiger partial charge in [0.2, 0.25) is 6.43 Å². The maximum Gasteiger partial charge on any atom is 0.242 e. The predicted octanol–water partition coefficient (Wildman–Crippen LogP) is 9.78. The van der Waals surface area contributed by atoms with E-state index in [2.05, 4.69) is 78.9 Å². The average Bonchev–Trinajstić information content (AvgIpc) is 2.97. The molecule has 0 aromatic heterocycles. The molecule has 1 saturated heterocycles. The van der Waals surface area contributed by atoms with Crippen molar-refractivity contribution in [3.63, 3.8) is 0 Å². The van der Waals surface area contributed by atoms with Gasteiger partial charge in [-0.25, -0.2) is 13.8 Å². The summed E-state index contributed by atoms with van der Waals surface area (Å²) in [6, 6.07) is 6.60. The van der Waals surface area contributed by atoms with Crippen LogP contribution in [0, 0.1) is 6.92 Å². The van der Waals surface area contributed by atoms with E-state index in [4.69, 9.17) is 0 Å². The van der Waals surface area contributed by atoms with Crippen LogP contribution in [0.4, 0.5) is 8.78 Å². The number of aliphatic imine (C=N–C) groups is 2. The summed E-state index contributed by atoms with van der Waals surface area (Å²) in [7, 11) is 6.09. The molecule has 1 saturated carbocycles. The number of nitrogens with zero attached hydrogens (tertiary/aromatic N) is 4. The Morgan fingerprint density at radius 1 is 1.11 bits per heavy atom. The molecule has 0 unspecified atom stereocenters. The average molecular weight is 607 g/mol. The highest BCUT2D eigenvalue weighted by Crippen LogP contribution is 2.37. The molecular weight excluding hydrogens is 550 g/mol. The molecule has 1 aromatic rings. The molecule has 0 atom stereocenters. The molecule has 1 heterocycles. The second-order valence-corrected chi connectivity index (χ2v) is 12.5. The van der Waals surface area contributed by atoms with Crippen LogP contribution in [0.5, 0.6) is 0 Å². The van der Waals surface area contributed by atoms with Crippen LogP contribution in [0.1, 0.15) is 108 Å². The minimum Gasteiger partial charge on any atom is -0.380 e. The second-order valence-electron chi connectivity index (χ2n) is 12.5. The van der Waals surface area contributed by atoms with Crippen molar-refractivity contribution in [2.45, 2.75) is 105 Å². The molecule has 4 nitrogen and oxygen atoms in total. The number of allylic oxidation sites excluding steroid dienone is 7. The molecule has 242 valence electrons. The molecule has 1 aromatic carbocycles. The van der Waals surface area contributed by atoms with Gasteiger partial charge in [0, 0.05) is 45.5 Å². The molecule has 1 aliphatic carbocycles. The lowest BCUT2D eigenvalue weighted by atomic mass is 9.83. The lowest BCUT2D eigenvalue weighted by Crippen LogP contribution is -2.37. The fourth-order valence-electron chi connectivity index (χ4n) is 6.46. The summed E-state index contributed by atoms with van der Waals surface area (Å²) in [6.07, 6.45) is 11.9. The zero-order valence-electron chi connectivity index (χ0n) is 28.6. The molecule has 0 radical (unpaired) electrons. The molecule has 44 heavy (non-hydrogen) atoms. The van der Waals surface area contributed by atoms with Crippen LogP contribution < -0.4 is 0 Å². The van der Waals surface area contributed by atoms with Crippen LogP contribution in [0.15, 0.2) is 68.8 Å². The third-order valence-electron chi connectivity index (χ3n) is 9.25. The van der Waals surface area contributed by atoms with E-state index < -0.39 is 6.43 Å². The van der Waals surface area contributed by atoms with E-state index in [9.17, 15) is 8.78 Å². The van der Waals surface area contributed by atoms with Gasteiger partial charge in [0.15, 0.2) is 0 Å². The molecule has 0 amide bonds. The monoisotopic (exact) mass is 606 g/mol. The first-order valence-corrected chi connectivity index (χ1v) is 16.7. The number of hydrogen-bond donors (Lipinski definition) is 0. The Morgan fingerprint density at radius 3 is 2.34 bits per heavy atom. The van der Waals surface area contributed by atoms with Crippen molar-refractivity contribution in [2.24, 2.45) is 9.98 Å². The highest BCUT2D eigenvalue weighted by Gasteiger charge is 2.25. The second kappa shape index (κ2) is 17.6. The van der Waals surface area contributed by atoms with E-state index in [1.165, 1.54) is 30.5 Å². The quantitative estimate of drug-likeness (QED) is 0.127. The van der Waals surface area contributed by atoms with Gasteiger partial charge in [-0.2, -0.15) is 0 Å². The van der Waals surface area contributed by atoms with Gasteiger partial charge in [-0.3, -0.25) is 9.89 Å². The molecule has 2 aliphatic rings. The van der Waals surface area contributed by atoms with Crippen molar-refractivity contribution in [3.8, 4) is 0 Å². The Bertz CT molecular complexity index is 1280. The number of halogens is 2. The number of aryl methyl sites for hydroxylation is 1. The molecule has 3 rings (SSSR count). The Balaban J connectivity index is 1.91. The standard InChI is InChI=1S/C38H56F2N4/c1-9-13-33(42-28(5)41-6)19-18-29(10-2)34(11-3)36(25-38(39)40)35-24-32(17-16-27(35)4)30-20-22-44(23-21-30)26-37(43(7)8)31-14-12-15-31/h10,16-19,24,30,38H,9,11-15,20-23,25-26H2,1-8H3/b19-18-,29-10+,36-34+,41-28?,42-33?. The van der Waals surface area contributed by atoms with Crippen LogP contribution in [0.2, 0.25) is 0 Å². The smallest absolute Gasteiger partial charge is 0.242 e. The van der Waals surface area contributed by atoms with Crippen LogP contribution >= 0.6 is 0 Å². The first-order valence-electron chi connectivity index (χ1n) is 16.7. The number of likely N-dealkylation sites (tertiary alicyclic amines) is 1. The molecule has 0 bridgehead atoms. The van der Waals surface area contributed by atoms with Gasteiger partial charge in [0.25, 0.3) is 0 Å². The number of amidine groups is 1. The van der Waals surface area contributed by atoms with Crippen LogP contribution in [-0.4, -0.2) is 68.5 Å². The minimum absolute atomic E-state index is 0.253. The number of piperidine rings is 1. The molecule has 0 N–H and O–H groups in total. The van der Waals surface area contributed by atoms with Gasteiger partial charge in [-0.15, -0.1) is 0 Å². The summed E-state index contributed by atoms with van der Waals surface area (Å²) < 4.78 is 28.4. The number of hydrogen-bond acceptors (Lipinski definition) is 3. The third kappa shape index (κ3) is 9.82. The van der Waals surface area contributed by atoms with Crippen molar-refractivity contribution in [3.05, 3.63) is 75.5 Å². The molecule has 1 aliphatic heterocycles. The molecular formula is C38H56F2N4. The zero-order chi connectivity index (χ0) is 32.2. The van der Waals surface area contributed by atoms with E-state index in [1.807, 2.05) is 26.0 Å². The van der Waals surface area contributed by atoms with Gasteiger partial charge in [-0.05, 0) is 130 Å². The Kier molecular flexibility index (Phi) is 14.2. The van der Waals surface area contributed by atoms with E-state index in [-0.39, 0.29) is 6.42 Å². The van der Waals surface area contributed by atoms with Crippen molar-refractivity contribution in [1.29, 1.82) is 0 Å².